The maximum absolute atomic E-state index is 10.7. The Morgan fingerprint density at radius 2 is 2.00 bits per heavy atom. The number of fused-ring (bicyclic) bond motifs is 1. The molecular weight excluding hydrogens is 220 g/mol. The van der Waals surface area contributed by atoms with Crippen LogP contribution in [-0.2, 0) is 4.79 Å². The number of carboxylic acids is 1. The standard InChI is InChI=1S/C10H9ClO4/c11-9(10(12)13)6-1-2-7-8(5-6)15-4-3-14-7/h1-2,5,9H,3-4H2,(H,12,13). The van der Waals surface area contributed by atoms with Gasteiger partial charge in [0, 0.05) is 0 Å². The number of aliphatic carboxylic acids is 1. The molecule has 1 aliphatic heterocycles. The van der Waals surface area contributed by atoms with E-state index in [0.29, 0.717) is 30.3 Å². The molecule has 1 N–H and O–H groups in total. The van der Waals surface area contributed by atoms with E-state index in [1.54, 1.807) is 18.2 Å². The van der Waals surface area contributed by atoms with Crippen LogP contribution in [0.15, 0.2) is 18.2 Å². The first-order valence-corrected chi connectivity index (χ1v) is 4.88. The second-order valence-corrected chi connectivity index (χ2v) is 3.54. The summed E-state index contributed by atoms with van der Waals surface area (Å²) in [4.78, 5) is 10.7. The predicted molar refractivity (Wildman–Crippen MR) is 53.7 cm³/mol. The highest BCUT2D eigenvalue weighted by atomic mass is 35.5. The molecule has 0 amide bonds. The van der Waals surface area contributed by atoms with Crippen LogP contribution in [0.5, 0.6) is 11.5 Å². The quantitative estimate of drug-likeness (QED) is 0.785. The van der Waals surface area contributed by atoms with Crippen molar-refractivity contribution in [2.24, 2.45) is 0 Å². The van der Waals surface area contributed by atoms with Crippen molar-refractivity contribution in [3.8, 4) is 11.5 Å². The summed E-state index contributed by atoms with van der Waals surface area (Å²) < 4.78 is 10.6. The monoisotopic (exact) mass is 228 g/mol. The van der Waals surface area contributed by atoms with Crippen LogP contribution in [0.3, 0.4) is 0 Å². The number of benzene rings is 1. The Labute approximate surface area is 91.4 Å². The number of hydrogen-bond acceptors (Lipinski definition) is 3. The molecule has 80 valence electrons. The van der Waals surface area contributed by atoms with Crippen molar-refractivity contribution in [3.05, 3.63) is 23.8 Å². The average molecular weight is 229 g/mol. The zero-order chi connectivity index (χ0) is 10.8. The minimum absolute atomic E-state index is 0.469. The van der Waals surface area contributed by atoms with Gasteiger partial charge in [-0.05, 0) is 17.7 Å². The molecule has 1 atom stereocenters. The lowest BCUT2D eigenvalue weighted by atomic mass is 10.1. The van der Waals surface area contributed by atoms with Crippen LogP contribution in [0.2, 0.25) is 0 Å². The van der Waals surface area contributed by atoms with Gasteiger partial charge in [-0.2, -0.15) is 0 Å². The van der Waals surface area contributed by atoms with Crippen molar-refractivity contribution in [3.63, 3.8) is 0 Å². The smallest absolute Gasteiger partial charge is 0.326 e. The van der Waals surface area contributed by atoms with E-state index in [4.69, 9.17) is 26.2 Å². The van der Waals surface area contributed by atoms with Crippen LogP contribution < -0.4 is 9.47 Å². The third-order valence-corrected chi connectivity index (χ3v) is 2.51. The minimum Gasteiger partial charge on any atom is -0.486 e. The van der Waals surface area contributed by atoms with Gasteiger partial charge in [0.15, 0.2) is 16.9 Å². The van der Waals surface area contributed by atoms with Gasteiger partial charge in [0.25, 0.3) is 0 Å². The van der Waals surface area contributed by atoms with E-state index in [9.17, 15) is 4.79 Å². The van der Waals surface area contributed by atoms with Crippen LogP contribution in [0, 0.1) is 0 Å². The highest BCUT2D eigenvalue weighted by Crippen LogP contribution is 2.34. The lowest BCUT2D eigenvalue weighted by molar-refractivity contribution is -0.136. The SMILES string of the molecule is O=C(O)C(Cl)c1ccc2c(c1)OCCO2. The topological polar surface area (TPSA) is 55.8 Å². The summed E-state index contributed by atoms with van der Waals surface area (Å²) in [6, 6.07) is 4.89. The number of carbonyl (C=O) groups is 1. The highest BCUT2D eigenvalue weighted by Gasteiger charge is 2.19. The van der Waals surface area contributed by atoms with Gasteiger partial charge in [-0.15, -0.1) is 11.6 Å². The number of carboxylic acid groups (broad SMARTS) is 1. The van der Waals surface area contributed by atoms with Gasteiger partial charge >= 0.3 is 5.97 Å². The Morgan fingerprint density at radius 3 is 2.67 bits per heavy atom. The summed E-state index contributed by atoms with van der Waals surface area (Å²) in [7, 11) is 0. The maximum Gasteiger partial charge on any atom is 0.326 e. The number of ether oxygens (including phenoxy) is 2. The van der Waals surface area contributed by atoms with Crippen LogP contribution in [0.1, 0.15) is 10.9 Å². The molecule has 1 aliphatic rings. The predicted octanol–water partition coefficient (Wildman–Crippen LogP) is 1.82. The Morgan fingerprint density at radius 1 is 1.33 bits per heavy atom. The highest BCUT2D eigenvalue weighted by molar-refractivity contribution is 6.29. The Kier molecular flexibility index (Phi) is 2.68. The summed E-state index contributed by atoms with van der Waals surface area (Å²) in [5, 5.41) is 7.68. The van der Waals surface area contributed by atoms with Crippen LogP contribution in [0.25, 0.3) is 0 Å². The van der Waals surface area contributed by atoms with Gasteiger partial charge in [0.1, 0.15) is 13.2 Å². The van der Waals surface area contributed by atoms with Crippen molar-refractivity contribution in [1.29, 1.82) is 0 Å². The summed E-state index contributed by atoms with van der Waals surface area (Å²) in [6.45, 7) is 0.978. The van der Waals surface area contributed by atoms with Gasteiger partial charge in [-0.3, -0.25) is 4.79 Å². The molecule has 0 spiro atoms. The van der Waals surface area contributed by atoms with Crippen molar-refractivity contribution in [2.75, 3.05) is 13.2 Å². The average Bonchev–Trinajstić information content (AvgIpc) is 2.27. The van der Waals surface area contributed by atoms with E-state index >= 15 is 0 Å². The molecule has 5 heteroatoms. The van der Waals surface area contributed by atoms with E-state index in [1.807, 2.05) is 0 Å². The molecule has 0 fully saturated rings. The zero-order valence-corrected chi connectivity index (χ0v) is 8.53. The minimum atomic E-state index is -1.08. The summed E-state index contributed by atoms with van der Waals surface area (Å²) in [5.74, 6) is 0.0956. The molecule has 1 aromatic rings. The van der Waals surface area contributed by atoms with Crippen molar-refractivity contribution in [1.82, 2.24) is 0 Å². The number of hydrogen-bond donors (Lipinski definition) is 1. The Balaban J connectivity index is 2.31. The second kappa shape index (κ2) is 3.98. The second-order valence-electron chi connectivity index (χ2n) is 3.10. The fourth-order valence-corrected chi connectivity index (χ4v) is 1.50. The van der Waals surface area contributed by atoms with Gasteiger partial charge in [-0.25, -0.2) is 0 Å². The first-order chi connectivity index (χ1) is 7.18. The van der Waals surface area contributed by atoms with E-state index in [1.165, 1.54) is 0 Å². The molecule has 0 radical (unpaired) electrons. The fourth-order valence-electron chi connectivity index (χ4n) is 1.36. The van der Waals surface area contributed by atoms with Gasteiger partial charge in [-0.1, -0.05) is 6.07 Å². The van der Waals surface area contributed by atoms with Gasteiger partial charge < -0.3 is 14.6 Å². The molecule has 0 saturated carbocycles. The van der Waals surface area contributed by atoms with Gasteiger partial charge in [0.05, 0.1) is 0 Å². The van der Waals surface area contributed by atoms with Crippen LogP contribution in [0.4, 0.5) is 0 Å². The van der Waals surface area contributed by atoms with E-state index in [0.717, 1.165) is 0 Å². The zero-order valence-electron chi connectivity index (χ0n) is 7.77. The summed E-state index contributed by atoms with van der Waals surface area (Å²) in [6.07, 6.45) is 0. The number of alkyl halides is 1. The number of rotatable bonds is 2. The normalized spacial score (nSPS) is 15.8. The summed E-state index contributed by atoms with van der Waals surface area (Å²) in [5.41, 5.74) is 0.494. The van der Waals surface area contributed by atoms with Crippen molar-refractivity contribution >= 4 is 17.6 Å². The lowest BCUT2D eigenvalue weighted by Gasteiger charge is -2.19. The van der Waals surface area contributed by atoms with Crippen LogP contribution in [-0.4, -0.2) is 24.3 Å². The van der Waals surface area contributed by atoms with E-state index in [-0.39, 0.29) is 0 Å². The van der Waals surface area contributed by atoms with E-state index in [2.05, 4.69) is 0 Å². The lowest BCUT2D eigenvalue weighted by Crippen LogP contribution is -2.16. The molecule has 2 rings (SSSR count). The largest absolute Gasteiger partial charge is 0.486 e. The summed E-state index contributed by atoms with van der Waals surface area (Å²) >= 11 is 5.69. The molecule has 1 unspecified atom stereocenters. The first kappa shape index (κ1) is 10.1. The van der Waals surface area contributed by atoms with E-state index < -0.39 is 11.3 Å². The molecular formula is C10H9ClO4. The third kappa shape index (κ3) is 1.99. The molecule has 0 aromatic heterocycles. The first-order valence-electron chi connectivity index (χ1n) is 4.45. The molecule has 0 saturated heterocycles. The molecule has 0 aliphatic carbocycles. The molecule has 4 nitrogen and oxygen atoms in total. The number of halogens is 1. The van der Waals surface area contributed by atoms with Gasteiger partial charge in [0.2, 0.25) is 0 Å². The maximum atomic E-state index is 10.7. The molecule has 1 aromatic carbocycles. The Bertz CT molecular complexity index is 391. The molecule has 15 heavy (non-hydrogen) atoms. The molecule has 0 bridgehead atoms. The molecule has 1 heterocycles. The third-order valence-electron chi connectivity index (χ3n) is 2.08. The fraction of sp³-hybridized carbons (Fsp3) is 0.300. The van der Waals surface area contributed by atoms with Crippen molar-refractivity contribution < 1.29 is 19.4 Å². The Hall–Kier alpha value is -1.42. The van der Waals surface area contributed by atoms with Crippen LogP contribution >= 0.6 is 11.6 Å². The van der Waals surface area contributed by atoms with Crippen molar-refractivity contribution in [2.45, 2.75) is 5.38 Å².